The maximum absolute atomic E-state index is 6.54. The second-order valence-electron chi connectivity index (χ2n) is 17.1. The Morgan fingerprint density at radius 3 is 2.02 bits per heavy atom. The molecule has 2 aromatic heterocycles. The highest BCUT2D eigenvalue weighted by Crippen LogP contribution is 2.66. The second-order valence-corrected chi connectivity index (χ2v) is 17.1. The van der Waals surface area contributed by atoms with Crippen molar-refractivity contribution in [1.29, 1.82) is 0 Å². The minimum absolute atomic E-state index is 0.0157. The van der Waals surface area contributed by atoms with E-state index in [0.717, 1.165) is 50.8 Å². The summed E-state index contributed by atoms with van der Waals surface area (Å²) in [7, 11) is 0. The minimum atomic E-state index is 0.0157. The highest BCUT2D eigenvalue weighted by Gasteiger charge is 2.57. The molecule has 9 aromatic rings. The van der Waals surface area contributed by atoms with Crippen LogP contribution in [0.15, 0.2) is 162 Å². The number of para-hydroxylation sites is 3. The van der Waals surface area contributed by atoms with E-state index in [2.05, 4.69) is 181 Å². The van der Waals surface area contributed by atoms with Gasteiger partial charge in [-0.2, -0.15) is 0 Å². The molecule has 3 heteroatoms. The van der Waals surface area contributed by atoms with Crippen LogP contribution in [-0.2, 0) is 5.41 Å². The Morgan fingerprint density at radius 1 is 0.554 bits per heavy atom. The fourth-order valence-electron chi connectivity index (χ4n) is 12.2. The van der Waals surface area contributed by atoms with E-state index in [0.29, 0.717) is 11.8 Å². The Labute approximate surface area is 327 Å². The molecule has 0 N–H and O–H groups in total. The molecule has 5 unspecified atom stereocenters. The molecule has 0 radical (unpaired) electrons. The van der Waals surface area contributed by atoms with Gasteiger partial charge in [-0.25, -0.2) is 0 Å². The van der Waals surface area contributed by atoms with Gasteiger partial charge >= 0.3 is 0 Å². The molecule has 2 bridgehead atoms. The topological polar surface area (TPSA) is 21.3 Å². The zero-order valence-electron chi connectivity index (χ0n) is 32.0. The van der Waals surface area contributed by atoms with Crippen LogP contribution in [0.1, 0.15) is 50.7 Å². The maximum Gasteiger partial charge on any atom is 0.137 e. The third kappa shape index (κ3) is 4.40. The molecule has 5 atom stereocenters. The summed E-state index contributed by atoms with van der Waals surface area (Å²) in [5.74, 6) is 2.82. The molecule has 2 fully saturated rings. The normalized spacial score (nSPS) is 22.6. The lowest BCUT2D eigenvalue weighted by atomic mass is 9.49. The van der Waals surface area contributed by atoms with Gasteiger partial charge in [-0.1, -0.05) is 105 Å². The summed E-state index contributed by atoms with van der Waals surface area (Å²) in [5, 5.41) is 4.84. The number of hydrogen-bond acceptors (Lipinski definition) is 2. The van der Waals surface area contributed by atoms with Gasteiger partial charge in [-0.15, -0.1) is 0 Å². The Balaban J connectivity index is 1.09. The van der Waals surface area contributed by atoms with E-state index >= 15 is 0 Å². The average Bonchev–Trinajstić information content (AvgIpc) is 3.87. The molecule has 0 aliphatic heterocycles. The standard InChI is InChI=1S/C53H44N2O/c1-33-28-35-30-34(2)53(36(29-33)31-35)45-16-7-3-15-44(45)52-46(53)17-11-20-49(52)54(39-26-27-43-42-14-6-10-21-50(42)56-51(43)32-39)37-22-24-38(25-23-37)55-47-18-8-4-12-40(47)41-13-5-9-19-48(41)55/h3-27,32-36H,28-31H2,1-2H3. The molecule has 1 spiro atoms. The van der Waals surface area contributed by atoms with Crippen LogP contribution in [-0.4, -0.2) is 4.57 Å². The number of aromatic nitrogens is 1. The summed E-state index contributed by atoms with van der Waals surface area (Å²) in [5.41, 5.74) is 14.7. The van der Waals surface area contributed by atoms with Crippen molar-refractivity contribution >= 4 is 60.8 Å². The molecular weight excluding hydrogens is 681 g/mol. The summed E-state index contributed by atoms with van der Waals surface area (Å²) in [6, 6.07) is 58.5. The first kappa shape index (κ1) is 32.2. The first-order valence-electron chi connectivity index (χ1n) is 20.6. The first-order chi connectivity index (χ1) is 27.6. The van der Waals surface area contributed by atoms with E-state index in [-0.39, 0.29) is 5.41 Å². The van der Waals surface area contributed by atoms with Gasteiger partial charge in [0, 0.05) is 55.7 Å². The third-order valence-electron chi connectivity index (χ3n) is 14.1. The number of fused-ring (bicyclic) bond motifs is 14. The zero-order valence-corrected chi connectivity index (χ0v) is 32.0. The van der Waals surface area contributed by atoms with Crippen LogP contribution in [0.25, 0.3) is 60.6 Å². The van der Waals surface area contributed by atoms with Crippen molar-refractivity contribution < 1.29 is 4.42 Å². The quantitative estimate of drug-likeness (QED) is 0.180. The number of benzene rings is 7. The van der Waals surface area contributed by atoms with E-state index in [1.807, 2.05) is 0 Å². The van der Waals surface area contributed by atoms with Crippen LogP contribution in [0.5, 0.6) is 0 Å². The Hall–Kier alpha value is -6.06. The van der Waals surface area contributed by atoms with Gasteiger partial charge in [0.2, 0.25) is 0 Å². The van der Waals surface area contributed by atoms with Gasteiger partial charge in [0.05, 0.1) is 16.7 Å². The number of rotatable bonds is 4. The van der Waals surface area contributed by atoms with Crippen molar-refractivity contribution in [2.75, 3.05) is 4.90 Å². The molecular formula is C53H44N2O. The summed E-state index contributed by atoms with van der Waals surface area (Å²) in [4.78, 5) is 2.50. The zero-order chi connectivity index (χ0) is 37.1. The Bertz CT molecular complexity index is 2950. The van der Waals surface area contributed by atoms with Gasteiger partial charge in [-0.3, -0.25) is 0 Å². The molecule has 272 valence electrons. The molecule has 7 aromatic carbocycles. The lowest BCUT2D eigenvalue weighted by Crippen LogP contribution is -2.49. The van der Waals surface area contributed by atoms with Gasteiger partial charge < -0.3 is 13.9 Å². The summed E-state index contributed by atoms with van der Waals surface area (Å²) >= 11 is 0. The van der Waals surface area contributed by atoms with Crippen LogP contribution in [0, 0.1) is 23.7 Å². The highest BCUT2D eigenvalue weighted by molar-refractivity contribution is 6.09. The number of furan rings is 1. The monoisotopic (exact) mass is 724 g/mol. The number of nitrogens with zero attached hydrogens (tertiary/aromatic N) is 2. The van der Waals surface area contributed by atoms with E-state index < -0.39 is 0 Å². The molecule has 2 saturated carbocycles. The Kier molecular flexibility index (Phi) is 6.88. The molecule has 3 aliphatic rings. The van der Waals surface area contributed by atoms with Crippen molar-refractivity contribution in [3.05, 3.63) is 169 Å². The lowest BCUT2D eigenvalue weighted by Gasteiger charge is -2.54. The second kappa shape index (κ2) is 12.0. The van der Waals surface area contributed by atoms with Crippen molar-refractivity contribution in [3.63, 3.8) is 0 Å². The Morgan fingerprint density at radius 2 is 1.21 bits per heavy atom. The van der Waals surface area contributed by atoms with Crippen LogP contribution < -0.4 is 4.90 Å². The van der Waals surface area contributed by atoms with Gasteiger partial charge in [0.15, 0.2) is 0 Å². The van der Waals surface area contributed by atoms with E-state index in [1.54, 1.807) is 5.56 Å². The summed E-state index contributed by atoms with van der Waals surface area (Å²) in [6.07, 6.45) is 5.32. The van der Waals surface area contributed by atoms with Crippen molar-refractivity contribution in [3.8, 4) is 16.8 Å². The van der Waals surface area contributed by atoms with Crippen LogP contribution >= 0.6 is 0 Å². The molecule has 3 aliphatic carbocycles. The summed E-state index contributed by atoms with van der Waals surface area (Å²) in [6.45, 7) is 5.06. The largest absolute Gasteiger partial charge is 0.456 e. The highest BCUT2D eigenvalue weighted by atomic mass is 16.3. The first-order valence-corrected chi connectivity index (χ1v) is 20.6. The SMILES string of the molecule is CC1CC2CC(C)C3(c4ccccc4-c4c(N(c5ccc(-n6c7ccccc7c7ccccc76)cc5)c5ccc6c(c5)oc5ccccc56)cccc43)C(C1)C2. The van der Waals surface area contributed by atoms with Crippen LogP contribution in [0.2, 0.25) is 0 Å². The molecule has 3 nitrogen and oxygen atoms in total. The van der Waals surface area contributed by atoms with Crippen LogP contribution in [0.3, 0.4) is 0 Å². The number of anilines is 3. The predicted molar refractivity (Wildman–Crippen MR) is 233 cm³/mol. The predicted octanol–water partition coefficient (Wildman–Crippen LogP) is 14.5. The minimum Gasteiger partial charge on any atom is -0.456 e. The average molecular weight is 725 g/mol. The molecule has 12 rings (SSSR count). The maximum atomic E-state index is 6.54. The fraction of sp³-hybridized carbons (Fsp3) is 0.208. The van der Waals surface area contributed by atoms with Gasteiger partial charge in [0.1, 0.15) is 11.2 Å². The lowest BCUT2D eigenvalue weighted by molar-refractivity contribution is 0.0426. The summed E-state index contributed by atoms with van der Waals surface area (Å²) < 4.78 is 8.95. The van der Waals surface area contributed by atoms with Gasteiger partial charge in [0.25, 0.3) is 0 Å². The fourth-order valence-corrected chi connectivity index (χ4v) is 12.2. The van der Waals surface area contributed by atoms with E-state index in [9.17, 15) is 0 Å². The molecule has 0 amide bonds. The molecule has 2 heterocycles. The number of hydrogen-bond donors (Lipinski definition) is 0. The molecule has 0 saturated heterocycles. The molecule has 56 heavy (non-hydrogen) atoms. The van der Waals surface area contributed by atoms with E-state index in [4.69, 9.17) is 4.42 Å². The smallest absolute Gasteiger partial charge is 0.137 e. The third-order valence-corrected chi connectivity index (χ3v) is 14.1. The van der Waals surface area contributed by atoms with Crippen LogP contribution in [0.4, 0.5) is 17.1 Å². The van der Waals surface area contributed by atoms with Gasteiger partial charge in [-0.05, 0) is 127 Å². The van der Waals surface area contributed by atoms with Crippen molar-refractivity contribution in [2.45, 2.75) is 44.9 Å². The van der Waals surface area contributed by atoms with Crippen molar-refractivity contribution in [2.24, 2.45) is 23.7 Å². The van der Waals surface area contributed by atoms with E-state index in [1.165, 1.54) is 69.9 Å². The van der Waals surface area contributed by atoms with Crippen molar-refractivity contribution in [1.82, 2.24) is 4.57 Å².